The Balaban J connectivity index is 1.99. The Morgan fingerprint density at radius 2 is 1.38 bits per heavy atom. The molecule has 2 aromatic carbocycles. The molecule has 208 valence electrons. The molecule has 3 rings (SSSR count). The standard InChI is InChI=1S/C37H50N2/c1-5-9-12-14-16-17-24-31-25-19-20-27-34(31)37-35(28-18-15-13-10-6-2)33(8-4)36(39(37)38)32-26-21-23-30(29-32)22-11-7-3/h19-21,23,25-27,29H,5-13,15,17-18,22,24,28H2,1-4H3. The third-order valence-corrected chi connectivity index (χ3v) is 7.84. The predicted molar refractivity (Wildman–Crippen MR) is 168 cm³/mol. The van der Waals surface area contributed by atoms with Crippen molar-refractivity contribution in [1.82, 2.24) is 0 Å². The minimum atomic E-state index is 0.853. The monoisotopic (exact) mass is 522 g/mol. The fourth-order valence-corrected chi connectivity index (χ4v) is 5.65. The second-order valence-corrected chi connectivity index (χ2v) is 10.9. The maximum Gasteiger partial charge on any atom is 0.211 e. The zero-order valence-corrected chi connectivity index (χ0v) is 25.1. The van der Waals surface area contributed by atoms with E-state index in [1.54, 1.807) is 0 Å². The van der Waals surface area contributed by atoms with E-state index in [9.17, 15) is 5.53 Å². The molecular weight excluding hydrogens is 472 g/mol. The summed E-state index contributed by atoms with van der Waals surface area (Å²) >= 11 is 0. The van der Waals surface area contributed by atoms with Crippen LogP contribution >= 0.6 is 0 Å². The lowest BCUT2D eigenvalue weighted by atomic mass is 9.91. The van der Waals surface area contributed by atoms with Gasteiger partial charge in [-0.2, -0.15) is 0 Å². The second-order valence-electron chi connectivity index (χ2n) is 10.9. The first-order chi connectivity index (χ1) is 19.2. The van der Waals surface area contributed by atoms with E-state index in [1.165, 1.54) is 78.3 Å². The summed E-state index contributed by atoms with van der Waals surface area (Å²) < 4.78 is 1.53. The molecule has 0 bridgehead atoms. The first-order valence-electron chi connectivity index (χ1n) is 15.7. The van der Waals surface area contributed by atoms with Gasteiger partial charge in [-0.25, -0.2) is 4.70 Å². The summed E-state index contributed by atoms with van der Waals surface area (Å²) in [5.74, 6) is 6.73. The topological polar surface area (TPSA) is 25.3 Å². The highest BCUT2D eigenvalue weighted by Crippen LogP contribution is 2.44. The summed E-state index contributed by atoms with van der Waals surface area (Å²) in [6.45, 7) is 8.96. The van der Waals surface area contributed by atoms with Gasteiger partial charge in [0.05, 0.1) is 0 Å². The molecule has 1 heterocycles. The van der Waals surface area contributed by atoms with Crippen LogP contribution in [-0.2, 0) is 12.8 Å². The van der Waals surface area contributed by atoms with Crippen molar-refractivity contribution in [3.8, 4) is 11.8 Å². The fraction of sp³-hybridized carbons (Fsp3) is 0.514. The van der Waals surface area contributed by atoms with E-state index in [1.807, 2.05) is 0 Å². The Morgan fingerprint density at radius 3 is 2.15 bits per heavy atom. The highest BCUT2D eigenvalue weighted by molar-refractivity contribution is 5.82. The molecule has 39 heavy (non-hydrogen) atoms. The van der Waals surface area contributed by atoms with E-state index in [0.717, 1.165) is 67.5 Å². The smallest absolute Gasteiger partial charge is 0.211 e. The van der Waals surface area contributed by atoms with Gasteiger partial charge in [-0.1, -0.05) is 96.6 Å². The largest absolute Gasteiger partial charge is 0.493 e. The van der Waals surface area contributed by atoms with Crippen LogP contribution in [0.2, 0.25) is 0 Å². The van der Waals surface area contributed by atoms with Crippen LogP contribution in [0.4, 0.5) is 0 Å². The average molecular weight is 523 g/mol. The number of allylic oxidation sites excluding steroid dienone is 2. The fourth-order valence-electron chi connectivity index (χ4n) is 5.65. The molecule has 0 saturated heterocycles. The van der Waals surface area contributed by atoms with Crippen molar-refractivity contribution in [2.75, 3.05) is 0 Å². The molecule has 0 radical (unpaired) electrons. The third kappa shape index (κ3) is 8.53. The second kappa shape index (κ2) is 16.9. The van der Waals surface area contributed by atoms with Crippen molar-refractivity contribution in [2.24, 2.45) is 0 Å². The van der Waals surface area contributed by atoms with Crippen LogP contribution in [0.1, 0.15) is 133 Å². The predicted octanol–water partition coefficient (Wildman–Crippen LogP) is 11.1. The summed E-state index contributed by atoms with van der Waals surface area (Å²) in [6, 6.07) is 17.5. The van der Waals surface area contributed by atoms with Crippen molar-refractivity contribution in [1.29, 1.82) is 0 Å². The highest BCUT2D eigenvalue weighted by Gasteiger charge is 2.35. The Kier molecular flexibility index (Phi) is 13.3. The summed E-state index contributed by atoms with van der Waals surface area (Å²) in [6.07, 6.45) is 16.7. The summed E-state index contributed by atoms with van der Waals surface area (Å²) in [5, 5.41) is 0. The van der Waals surface area contributed by atoms with Crippen LogP contribution in [0.5, 0.6) is 0 Å². The molecule has 0 N–H and O–H groups in total. The number of nitrogens with zero attached hydrogens (tertiary/aromatic N) is 2. The van der Waals surface area contributed by atoms with Crippen molar-refractivity contribution in [2.45, 2.75) is 124 Å². The van der Waals surface area contributed by atoms with Crippen molar-refractivity contribution in [3.05, 3.63) is 87.5 Å². The molecule has 2 aromatic rings. The summed E-state index contributed by atoms with van der Waals surface area (Å²) in [5.41, 5.74) is 21.4. The molecule has 0 aliphatic carbocycles. The summed E-state index contributed by atoms with van der Waals surface area (Å²) in [7, 11) is 0. The van der Waals surface area contributed by atoms with E-state index in [0.29, 0.717) is 0 Å². The molecular formula is C37H50N2. The molecule has 1 aliphatic rings. The minimum absolute atomic E-state index is 0.853. The van der Waals surface area contributed by atoms with Crippen LogP contribution in [0.25, 0.3) is 16.9 Å². The third-order valence-electron chi connectivity index (χ3n) is 7.84. The highest BCUT2D eigenvalue weighted by atomic mass is 15.2. The van der Waals surface area contributed by atoms with Gasteiger partial charge < -0.3 is 5.53 Å². The zero-order chi connectivity index (χ0) is 27.9. The van der Waals surface area contributed by atoms with Gasteiger partial charge in [0.1, 0.15) is 0 Å². The molecule has 0 fully saturated rings. The number of benzene rings is 2. The van der Waals surface area contributed by atoms with Crippen molar-refractivity contribution >= 4 is 11.4 Å². The van der Waals surface area contributed by atoms with Gasteiger partial charge in [-0.15, -0.1) is 11.8 Å². The Hall–Kier alpha value is -2.92. The zero-order valence-electron chi connectivity index (χ0n) is 25.1. The maximum absolute atomic E-state index is 11.9. The lowest BCUT2D eigenvalue weighted by molar-refractivity contribution is -0.345. The lowest BCUT2D eigenvalue weighted by Crippen LogP contribution is -2.05. The van der Waals surface area contributed by atoms with E-state index in [-0.39, 0.29) is 0 Å². The van der Waals surface area contributed by atoms with E-state index in [2.05, 4.69) is 88.1 Å². The van der Waals surface area contributed by atoms with E-state index < -0.39 is 0 Å². The molecule has 2 nitrogen and oxygen atoms in total. The molecule has 0 saturated carbocycles. The molecule has 1 aliphatic heterocycles. The first kappa shape index (κ1) is 30.6. The Morgan fingerprint density at radius 1 is 0.641 bits per heavy atom. The molecule has 0 amide bonds. The maximum atomic E-state index is 11.9. The number of aryl methyl sites for hydroxylation is 2. The van der Waals surface area contributed by atoms with Gasteiger partial charge in [0.2, 0.25) is 11.4 Å². The Bertz CT molecular complexity index is 1200. The quantitative estimate of drug-likeness (QED) is 0.119. The van der Waals surface area contributed by atoms with Gasteiger partial charge in [-0.05, 0) is 74.3 Å². The Labute approximate surface area is 239 Å². The van der Waals surface area contributed by atoms with Crippen LogP contribution in [0, 0.1) is 11.8 Å². The van der Waals surface area contributed by atoms with Crippen LogP contribution in [-0.4, -0.2) is 4.70 Å². The van der Waals surface area contributed by atoms with Gasteiger partial charge >= 0.3 is 0 Å². The molecule has 0 spiro atoms. The SMILES string of the molecule is CCCCC#CCCc1ccccc1C1=C(CCCCCCC)C(CC)=C(c2cccc(CCCC)c2)[N+]1=[N-]. The summed E-state index contributed by atoms with van der Waals surface area (Å²) in [4.78, 5) is 0. The number of hydrogen-bond donors (Lipinski definition) is 0. The number of unbranched alkanes of at least 4 members (excludes halogenated alkanes) is 7. The van der Waals surface area contributed by atoms with Crippen LogP contribution < -0.4 is 0 Å². The van der Waals surface area contributed by atoms with Gasteiger partial charge in [-0.3, -0.25) is 0 Å². The van der Waals surface area contributed by atoms with Gasteiger partial charge in [0.25, 0.3) is 0 Å². The van der Waals surface area contributed by atoms with Gasteiger partial charge in [0.15, 0.2) is 0 Å². The average Bonchev–Trinajstić information content (AvgIpc) is 3.24. The van der Waals surface area contributed by atoms with Crippen molar-refractivity contribution in [3.63, 3.8) is 0 Å². The van der Waals surface area contributed by atoms with Crippen LogP contribution in [0.15, 0.2) is 59.7 Å². The van der Waals surface area contributed by atoms with Crippen molar-refractivity contribution < 1.29 is 4.70 Å². The number of rotatable bonds is 16. The minimum Gasteiger partial charge on any atom is -0.493 e. The van der Waals surface area contributed by atoms with Gasteiger partial charge in [0, 0.05) is 35.1 Å². The number of hydrogen-bond acceptors (Lipinski definition) is 0. The molecule has 0 atom stereocenters. The lowest BCUT2D eigenvalue weighted by Gasteiger charge is -2.13. The van der Waals surface area contributed by atoms with Crippen LogP contribution in [0.3, 0.4) is 0 Å². The van der Waals surface area contributed by atoms with E-state index >= 15 is 0 Å². The normalized spacial score (nSPS) is 13.3. The first-order valence-corrected chi connectivity index (χ1v) is 15.7. The molecule has 0 unspecified atom stereocenters. The van der Waals surface area contributed by atoms with E-state index in [4.69, 9.17) is 0 Å². The molecule has 2 heteroatoms. The molecule has 0 aromatic heterocycles.